The van der Waals surface area contributed by atoms with Crippen LogP contribution < -0.4 is 10.6 Å². The van der Waals surface area contributed by atoms with Crippen LogP contribution in [0.5, 0.6) is 0 Å². The highest BCUT2D eigenvalue weighted by molar-refractivity contribution is 9.10. The van der Waals surface area contributed by atoms with Gasteiger partial charge in [0, 0.05) is 36.5 Å². The number of hydrogen-bond acceptors (Lipinski definition) is 10. The van der Waals surface area contributed by atoms with Gasteiger partial charge in [0.15, 0.2) is 15.5 Å². The molecule has 2 atom stereocenters. The third kappa shape index (κ3) is 5.29. The minimum Gasteiger partial charge on any atom is -0.359 e. The lowest BCUT2D eigenvalue weighted by molar-refractivity contribution is -0.129. The van der Waals surface area contributed by atoms with Gasteiger partial charge in [0.2, 0.25) is 11.9 Å². The van der Waals surface area contributed by atoms with E-state index in [1.807, 2.05) is 26.0 Å². The van der Waals surface area contributed by atoms with Crippen molar-refractivity contribution in [3.8, 4) is 16.3 Å². The van der Waals surface area contributed by atoms with Gasteiger partial charge in [-0.3, -0.25) is 4.79 Å². The van der Waals surface area contributed by atoms with Gasteiger partial charge in [-0.25, -0.2) is 18.1 Å². The van der Waals surface area contributed by atoms with Crippen molar-refractivity contribution in [1.29, 1.82) is 0 Å². The Bertz CT molecular complexity index is 1650. The quantitative estimate of drug-likeness (QED) is 0.317. The van der Waals surface area contributed by atoms with E-state index in [4.69, 9.17) is 4.98 Å². The number of nitrogens with one attached hydrogen (secondary N) is 2. The Labute approximate surface area is 232 Å². The third-order valence-electron chi connectivity index (χ3n) is 6.74. The Balaban J connectivity index is 1.51. The zero-order valence-corrected chi connectivity index (χ0v) is 24.5. The van der Waals surface area contributed by atoms with Gasteiger partial charge in [0.25, 0.3) is 0 Å². The van der Waals surface area contributed by atoms with E-state index in [2.05, 4.69) is 46.8 Å². The van der Waals surface area contributed by atoms with E-state index in [-0.39, 0.29) is 17.7 Å². The molecule has 0 aliphatic heterocycles. The first-order valence-corrected chi connectivity index (χ1v) is 15.6. The first-order chi connectivity index (χ1) is 18.0. The molecule has 1 aliphatic carbocycles. The summed E-state index contributed by atoms with van der Waals surface area (Å²) in [6, 6.07) is 5.56. The van der Waals surface area contributed by atoms with Crippen molar-refractivity contribution in [2.45, 2.75) is 44.9 Å². The fourth-order valence-corrected chi connectivity index (χ4v) is 6.90. The molecule has 11 nitrogen and oxygen atoms in total. The fourth-order valence-electron chi connectivity index (χ4n) is 4.90. The second-order valence-electron chi connectivity index (χ2n) is 9.90. The van der Waals surface area contributed by atoms with Gasteiger partial charge in [0.1, 0.15) is 14.6 Å². The zero-order chi connectivity index (χ0) is 27.2. The van der Waals surface area contributed by atoms with Crippen LogP contribution in [0.3, 0.4) is 0 Å². The molecule has 0 radical (unpaired) electrons. The molecule has 1 saturated carbocycles. The number of carbonyl (C=O) groups is 1. The summed E-state index contributed by atoms with van der Waals surface area (Å²) in [5.41, 5.74) is 2.11. The van der Waals surface area contributed by atoms with Crippen LogP contribution in [0, 0.1) is 12.3 Å². The number of hydrogen-bond donors (Lipinski definition) is 2. The molecular weight excluding hydrogens is 592 g/mol. The van der Waals surface area contributed by atoms with Crippen LogP contribution in [0.1, 0.15) is 36.8 Å². The maximum Gasteiger partial charge on any atom is 0.225 e. The molecule has 0 spiro atoms. The number of nitrogens with zero attached hydrogens (tertiary/aromatic N) is 6. The topological polar surface area (TPSA) is 145 Å². The van der Waals surface area contributed by atoms with Crippen molar-refractivity contribution >= 4 is 60.0 Å². The second-order valence-corrected chi connectivity index (χ2v) is 14.0. The summed E-state index contributed by atoms with van der Waals surface area (Å²) in [6.45, 7) is 3.83. The molecule has 200 valence electrons. The predicted octanol–water partition coefficient (Wildman–Crippen LogP) is 3.67. The van der Waals surface area contributed by atoms with Crippen molar-refractivity contribution in [2.24, 2.45) is 5.41 Å². The van der Waals surface area contributed by atoms with Crippen LogP contribution in [0.2, 0.25) is 0 Å². The molecule has 38 heavy (non-hydrogen) atoms. The number of aryl methyl sites for hydroxylation is 1. The van der Waals surface area contributed by atoms with E-state index in [0.29, 0.717) is 44.3 Å². The SMILES string of the molecule is CNC(=O)[C@]1(C)CC[C@@H](Nc2ncc3c(Br)nn(-c4ccc(-c5nnc(C)s5)c(CS(C)(=O)=O)c4)c3n2)C1. The van der Waals surface area contributed by atoms with Crippen LogP contribution >= 0.6 is 27.3 Å². The van der Waals surface area contributed by atoms with E-state index in [0.717, 1.165) is 23.4 Å². The standard InChI is InChI=1S/C24H27BrN8O3S2/c1-13-30-31-21(37-13)17-6-5-16(9-14(17)12-38(4,35)36)33-20-18(19(25)32-33)11-27-23(29-20)28-15-7-8-24(2,10-15)22(34)26-3/h5-6,9,11,15H,7-8,10,12H2,1-4H3,(H,26,34)(H,27,28,29)/t15-,24-/m1/s1. The summed E-state index contributed by atoms with van der Waals surface area (Å²) in [4.78, 5) is 21.5. The highest BCUT2D eigenvalue weighted by atomic mass is 79.9. The Kier molecular flexibility index (Phi) is 6.99. The molecule has 0 unspecified atom stereocenters. The van der Waals surface area contributed by atoms with Crippen LogP contribution in [0.15, 0.2) is 29.0 Å². The summed E-state index contributed by atoms with van der Waals surface area (Å²) in [5, 5.41) is 21.2. The smallest absolute Gasteiger partial charge is 0.225 e. The average Bonchev–Trinajstić information content (AvgIpc) is 3.55. The van der Waals surface area contributed by atoms with E-state index in [9.17, 15) is 13.2 Å². The van der Waals surface area contributed by atoms with Crippen molar-refractivity contribution in [2.75, 3.05) is 18.6 Å². The molecule has 4 aromatic rings. The lowest BCUT2D eigenvalue weighted by atomic mass is 9.87. The minimum atomic E-state index is -3.32. The molecule has 3 heterocycles. The largest absolute Gasteiger partial charge is 0.359 e. The highest BCUT2D eigenvalue weighted by Crippen LogP contribution is 2.39. The summed E-state index contributed by atoms with van der Waals surface area (Å²) in [5.74, 6) is 0.328. The first kappa shape index (κ1) is 26.6. The maximum absolute atomic E-state index is 12.3. The Hall–Kier alpha value is -2.97. The van der Waals surface area contributed by atoms with Gasteiger partial charge in [0.05, 0.1) is 16.8 Å². The van der Waals surface area contributed by atoms with Crippen molar-refractivity contribution in [3.63, 3.8) is 0 Å². The van der Waals surface area contributed by atoms with Crippen LogP contribution in [-0.2, 0) is 20.4 Å². The molecule has 2 N–H and O–H groups in total. The molecule has 1 aliphatic rings. The van der Waals surface area contributed by atoms with Crippen LogP contribution in [0.4, 0.5) is 5.95 Å². The van der Waals surface area contributed by atoms with Crippen molar-refractivity contribution < 1.29 is 13.2 Å². The average molecular weight is 620 g/mol. The fraction of sp³-hybridized carbons (Fsp3) is 0.417. The number of carbonyl (C=O) groups excluding carboxylic acids is 1. The molecule has 3 aromatic heterocycles. The molecular formula is C24H27BrN8O3S2. The Morgan fingerprint density at radius 3 is 2.79 bits per heavy atom. The number of aromatic nitrogens is 6. The van der Waals surface area contributed by atoms with Crippen molar-refractivity contribution in [3.05, 3.63) is 39.6 Å². The van der Waals surface area contributed by atoms with Gasteiger partial charge in [-0.05, 0) is 65.9 Å². The number of anilines is 1. The first-order valence-electron chi connectivity index (χ1n) is 12.0. The Morgan fingerprint density at radius 1 is 1.32 bits per heavy atom. The van der Waals surface area contributed by atoms with E-state index in [1.165, 1.54) is 17.6 Å². The number of amides is 1. The monoisotopic (exact) mass is 618 g/mol. The third-order valence-corrected chi connectivity index (χ3v) is 9.03. The number of halogens is 1. The summed E-state index contributed by atoms with van der Waals surface area (Å²) >= 11 is 4.91. The summed E-state index contributed by atoms with van der Waals surface area (Å²) < 4.78 is 26.7. The van der Waals surface area contributed by atoms with Crippen molar-refractivity contribution in [1.82, 2.24) is 35.3 Å². The Morgan fingerprint density at radius 2 is 2.11 bits per heavy atom. The second kappa shape index (κ2) is 9.97. The molecule has 1 amide bonds. The number of sulfone groups is 1. The van der Waals surface area contributed by atoms with E-state index in [1.54, 1.807) is 24.0 Å². The number of rotatable bonds is 7. The summed E-state index contributed by atoms with van der Waals surface area (Å²) in [6.07, 6.45) is 5.19. The maximum atomic E-state index is 12.3. The van der Waals surface area contributed by atoms with Gasteiger partial charge >= 0.3 is 0 Å². The zero-order valence-electron chi connectivity index (χ0n) is 21.3. The molecule has 1 fully saturated rings. The van der Waals surface area contributed by atoms with E-state index >= 15 is 0 Å². The van der Waals surface area contributed by atoms with Crippen LogP contribution in [0.25, 0.3) is 27.3 Å². The predicted molar refractivity (Wildman–Crippen MR) is 150 cm³/mol. The van der Waals surface area contributed by atoms with Crippen LogP contribution in [-0.4, -0.2) is 63.6 Å². The lowest BCUT2D eigenvalue weighted by Gasteiger charge is -2.22. The number of benzene rings is 1. The molecule has 5 rings (SSSR count). The molecule has 14 heteroatoms. The van der Waals surface area contributed by atoms with Gasteiger partial charge in [-0.15, -0.1) is 10.2 Å². The van der Waals surface area contributed by atoms with E-state index < -0.39 is 15.3 Å². The minimum absolute atomic E-state index is 0.0391. The molecule has 0 saturated heterocycles. The van der Waals surface area contributed by atoms with Gasteiger partial charge in [-0.1, -0.05) is 18.3 Å². The molecule has 0 bridgehead atoms. The lowest BCUT2D eigenvalue weighted by Crippen LogP contribution is -2.35. The van der Waals surface area contributed by atoms with Gasteiger partial charge in [-0.2, -0.15) is 10.1 Å². The summed E-state index contributed by atoms with van der Waals surface area (Å²) in [7, 11) is -1.66. The van der Waals surface area contributed by atoms with Gasteiger partial charge < -0.3 is 10.6 Å². The number of fused-ring (bicyclic) bond motifs is 1. The molecule has 1 aromatic carbocycles. The highest BCUT2D eigenvalue weighted by Gasteiger charge is 2.41. The normalized spacial score (nSPS) is 19.7.